The number of hydrogen-bond acceptors (Lipinski definition) is 4. The smallest absolute Gasteiger partial charge is 0.326 e. The van der Waals surface area contributed by atoms with E-state index >= 15 is 0 Å². The van der Waals surface area contributed by atoms with Crippen molar-refractivity contribution in [1.82, 2.24) is 9.62 Å². The quantitative estimate of drug-likeness (QED) is 0.462. The van der Waals surface area contributed by atoms with Crippen molar-refractivity contribution >= 4 is 67.7 Å². The van der Waals surface area contributed by atoms with Crippen LogP contribution in [0, 0.1) is 3.57 Å². The van der Waals surface area contributed by atoms with Crippen molar-refractivity contribution in [2.75, 3.05) is 6.54 Å². The second kappa shape index (κ2) is 9.84. The molecule has 0 aromatic heterocycles. The Labute approximate surface area is 210 Å². The van der Waals surface area contributed by atoms with E-state index in [0.29, 0.717) is 6.42 Å². The molecule has 3 rings (SSSR count). The van der Waals surface area contributed by atoms with E-state index in [1.807, 2.05) is 12.1 Å². The zero-order valence-corrected chi connectivity index (χ0v) is 21.5. The third-order valence-electron chi connectivity index (χ3n) is 5.44. The van der Waals surface area contributed by atoms with Gasteiger partial charge in [0.2, 0.25) is 15.9 Å². The molecule has 0 aliphatic carbocycles. The first-order valence-electron chi connectivity index (χ1n) is 9.70. The van der Waals surface area contributed by atoms with Crippen LogP contribution in [0.25, 0.3) is 0 Å². The number of halogens is 3. The first-order chi connectivity index (χ1) is 14.9. The number of nitrogens with one attached hydrogen (secondary N) is 1. The lowest BCUT2D eigenvalue weighted by Crippen LogP contribution is -2.58. The average molecular weight is 611 g/mol. The molecule has 2 aromatic rings. The minimum Gasteiger partial charge on any atom is -0.480 e. The van der Waals surface area contributed by atoms with Gasteiger partial charge in [0, 0.05) is 26.6 Å². The predicted octanol–water partition coefficient (Wildman–Crippen LogP) is 3.95. The molecular formula is C21H21Cl2IN2O5S. The van der Waals surface area contributed by atoms with Crippen molar-refractivity contribution in [3.63, 3.8) is 0 Å². The Hall–Kier alpha value is -1.40. The molecule has 1 amide bonds. The molecule has 172 valence electrons. The predicted molar refractivity (Wildman–Crippen MR) is 130 cm³/mol. The maximum absolute atomic E-state index is 13.3. The fourth-order valence-electron chi connectivity index (χ4n) is 3.73. The number of carboxylic acid groups (broad SMARTS) is 1. The van der Waals surface area contributed by atoms with Crippen LogP contribution in [-0.2, 0) is 26.0 Å². The fraction of sp³-hybridized carbons (Fsp3) is 0.333. The summed E-state index contributed by atoms with van der Waals surface area (Å²) in [6.45, 7) is 1.62. The Balaban J connectivity index is 1.86. The molecule has 0 unspecified atom stereocenters. The highest BCUT2D eigenvalue weighted by atomic mass is 127. The molecule has 0 radical (unpaired) electrons. The second-order valence-electron chi connectivity index (χ2n) is 7.75. The lowest BCUT2D eigenvalue weighted by molar-refractivity contribution is -0.143. The summed E-state index contributed by atoms with van der Waals surface area (Å²) < 4.78 is 28.7. The molecule has 11 heteroatoms. The topological polar surface area (TPSA) is 104 Å². The van der Waals surface area contributed by atoms with Crippen LogP contribution in [0.5, 0.6) is 0 Å². The number of hydrogen-bond donors (Lipinski definition) is 2. The Bertz CT molecular complexity index is 1120. The molecule has 1 saturated heterocycles. The first kappa shape index (κ1) is 25.2. The summed E-state index contributed by atoms with van der Waals surface area (Å²) >= 11 is 14.1. The number of amides is 1. The highest BCUT2D eigenvalue weighted by Crippen LogP contribution is 2.36. The van der Waals surface area contributed by atoms with Gasteiger partial charge in [0.25, 0.3) is 0 Å². The first-order valence-corrected chi connectivity index (χ1v) is 13.0. The van der Waals surface area contributed by atoms with Crippen molar-refractivity contribution in [1.29, 1.82) is 0 Å². The molecular weight excluding hydrogens is 590 g/mol. The van der Waals surface area contributed by atoms with Gasteiger partial charge in [-0.1, -0.05) is 35.3 Å². The monoisotopic (exact) mass is 610 g/mol. The van der Waals surface area contributed by atoms with E-state index in [4.69, 9.17) is 23.2 Å². The van der Waals surface area contributed by atoms with E-state index in [1.54, 1.807) is 12.1 Å². The summed E-state index contributed by atoms with van der Waals surface area (Å²) in [7, 11) is -4.10. The summed E-state index contributed by atoms with van der Waals surface area (Å²) in [4.78, 5) is 24.9. The maximum Gasteiger partial charge on any atom is 0.326 e. The number of rotatable bonds is 7. The van der Waals surface area contributed by atoms with Gasteiger partial charge in [-0.3, -0.25) is 4.79 Å². The Morgan fingerprint density at radius 3 is 2.34 bits per heavy atom. The zero-order chi connectivity index (χ0) is 23.7. The van der Waals surface area contributed by atoms with E-state index in [9.17, 15) is 23.1 Å². The van der Waals surface area contributed by atoms with Gasteiger partial charge in [-0.05, 0) is 78.3 Å². The number of carbonyl (C=O) groups is 2. The minimum atomic E-state index is -4.10. The molecule has 2 aromatic carbocycles. The number of benzene rings is 2. The average Bonchev–Trinajstić information content (AvgIpc) is 3.12. The number of carbonyl (C=O) groups excluding carboxylic acids is 1. The standard InChI is InChI=1S/C21H21Cl2IN2O5S/c1-21(20(29)25-18(19(27)28)9-13-3-5-16(24)6-4-13)7-2-8-26(21)32(30,31)17-11-14(22)10-15(23)12-17/h3-6,10-12,18H,2,7-9H2,1H3,(H,25,29)(H,27,28)/t18-,21-/m0/s1. The van der Waals surface area contributed by atoms with Gasteiger partial charge in [-0.25, -0.2) is 13.2 Å². The molecule has 0 spiro atoms. The molecule has 1 fully saturated rings. The molecule has 0 bridgehead atoms. The van der Waals surface area contributed by atoms with Gasteiger partial charge >= 0.3 is 5.97 Å². The van der Waals surface area contributed by atoms with Crippen LogP contribution in [0.2, 0.25) is 10.0 Å². The number of nitrogens with zero attached hydrogens (tertiary/aromatic N) is 1. The van der Waals surface area contributed by atoms with Crippen molar-refractivity contribution in [2.24, 2.45) is 0 Å². The second-order valence-corrected chi connectivity index (χ2v) is 11.7. The lowest BCUT2D eigenvalue weighted by atomic mass is 9.97. The van der Waals surface area contributed by atoms with Crippen LogP contribution in [0.15, 0.2) is 47.4 Å². The molecule has 1 aliphatic heterocycles. The Morgan fingerprint density at radius 1 is 1.19 bits per heavy atom. The molecule has 0 saturated carbocycles. The van der Waals surface area contributed by atoms with Crippen molar-refractivity contribution < 1.29 is 23.1 Å². The minimum absolute atomic E-state index is 0.0741. The Morgan fingerprint density at radius 2 is 1.78 bits per heavy atom. The van der Waals surface area contributed by atoms with Gasteiger partial charge in [0.1, 0.15) is 11.6 Å². The van der Waals surface area contributed by atoms with Gasteiger partial charge in [-0.15, -0.1) is 0 Å². The van der Waals surface area contributed by atoms with Crippen LogP contribution >= 0.6 is 45.8 Å². The SMILES string of the molecule is C[C@@]1(C(=O)N[C@@H](Cc2ccc(I)cc2)C(=O)O)CCCN1S(=O)(=O)c1cc(Cl)cc(Cl)c1. The summed E-state index contributed by atoms with van der Waals surface area (Å²) in [6.07, 6.45) is 0.777. The van der Waals surface area contributed by atoms with E-state index in [-0.39, 0.29) is 34.3 Å². The highest BCUT2D eigenvalue weighted by molar-refractivity contribution is 14.1. The number of sulfonamides is 1. The van der Waals surface area contributed by atoms with E-state index in [2.05, 4.69) is 27.9 Å². The van der Waals surface area contributed by atoms with Crippen molar-refractivity contribution in [3.8, 4) is 0 Å². The summed E-state index contributed by atoms with van der Waals surface area (Å²) in [5.41, 5.74) is -0.708. The van der Waals surface area contributed by atoms with Crippen molar-refractivity contribution in [2.45, 2.75) is 42.7 Å². The molecule has 7 nitrogen and oxygen atoms in total. The van der Waals surface area contributed by atoms with Crippen LogP contribution in [0.3, 0.4) is 0 Å². The molecule has 1 aliphatic rings. The normalized spacial score (nSPS) is 20.1. The molecule has 2 N–H and O–H groups in total. The third-order valence-corrected chi connectivity index (χ3v) is 8.60. The summed E-state index contributed by atoms with van der Waals surface area (Å²) in [5, 5.41) is 12.5. The zero-order valence-electron chi connectivity index (χ0n) is 17.0. The van der Waals surface area contributed by atoms with Crippen LogP contribution in [0.4, 0.5) is 0 Å². The van der Waals surface area contributed by atoms with Crippen LogP contribution < -0.4 is 5.32 Å². The third kappa shape index (κ3) is 5.39. The Kier molecular flexibility index (Phi) is 7.76. The molecule has 1 heterocycles. The van der Waals surface area contributed by atoms with Crippen LogP contribution in [-0.4, -0.2) is 47.8 Å². The summed E-state index contributed by atoms with van der Waals surface area (Å²) in [5.74, 6) is -1.86. The number of carboxylic acids is 1. The van der Waals surface area contributed by atoms with Gasteiger partial charge in [0.05, 0.1) is 4.90 Å². The number of aliphatic carboxylic acids is 1. The lowest BCUT2D eigenvalue weighted by Gasteiger charge is -2.34. The van der Waals surface area contributed by atoms with Crippen LogP contribution in [0.1, 0.15) is 25.3 Å². The van der Waals surface area contributed by atoms with E-state index in [0.717, 1.165) is 13.4 Å². The largest absolute Gasteiger partial charge is 0.480 e. The summed E-state index contributed by atoms with van der Waals surface area (Å²) in [6, 6.07) is 10.0. The van der Waals surface area contributed by atoms with Crippen molar-refractivity contribution in [3.05, 3.63) is 61.6 Å². The fourth-order valence-corrected chi connectivity index (χ4v) is 6.62. The van der Waals surface area contributed by atoms with Gasteiger partial charge in [-0.2, -0.15) is 4.31 Å². The highest BCUT2D eigenvalue weighted by Gasteiger charge is 2.50. The molecule has 32 heavy (non-hydrogen) atoms. The maximum atomic E-state index is 13.3. The van der Waals surface area contributed by atoms with E-state index < -0.39 is 33.5 Å². The van der Waals surface area contributed by atoms with E-state index in [1.165, 1.54) is 25.1 Å². The molecule has 2 atom stereocenters. The van der Waals surface area contributed by atoms with Gasteiger partial charge in [0.15, 0.2) is 0 Å². The van der Waals surface area contributed by atoms with Gasteiger partial charge < -0.3 is 10.4 Å².